The molecule has 2 amide bonds. The molecule has 1 heterocycles. The zero-order valence-corrected chi connectivity index (χ0v) is 11.3. The maximum atomic E-state index is 12.3. The van der Waals surface area contributed by atoms with E-state index in [1.807, 2.05) is 11.9 Å². The highest BCUT2D eigenvalue weighted by atomic mass is 16.2. The molecular weight excluding hydrogens is 228 g/mol. The van der Waals surface area contributed by atoms with Crippen molar-refractivity contribution in [3.05, 3.63) is 0 Å². The smallest absolute Gasteiger partial charge is 0.227 e. The van der Waals surface area contributed by atoms with Gasteiger partial charge in [0, 0.05) is 26.6 Å². The van der Waals surface area contributed by atoms with Crippen molar-refractivity contribution in [1.29, 1.82) is 0 Å². The number of piperidine rings is 1. The van der Waals surface area contributed by atoms with Crippen LogP contribution in [0.4, 0.5) is 0 Å². The molecule has 102 valence electrons. The van der Waals surface area contributed by atoms with Crippen molar-refractivity contribution in [2.24, 2.45) is 11.8 Å². The first-order valence-corrected chi connectivity index (χ1v) is 7.18. The molecule has 1 saturated heterocycles. The fraction of sp³-hybridized carbons (Fsp3) is 0.857. The number of nitrogens with zero attached hydrogens (tertiary/aromatic N) is 1. The maximum Gasteiger partial charge on any atom is 0.227 e. The number of carbonyl (C=O) groups is 2. The summed E-state index contributed by atoms with van der Waals surface area (Å²) >= 11 is 0. The minimum absolute atomic E-state index is 0.00343. The average Bonchev–Trinajstić information content (AvgIpc) is 2.40. The van der Waals surface area contributed by atoms with Crippen molar-refractivity contribution in [2.45, 2.75) is 44.9 Å². The highest BCUT2D eigenvalue weighted by Crippen LogP contribution is 2.25. The van der Waals surface area contributed by atoms with Gasteiger partial charge in [-0.15, -0.1) is 0 Å². The van der Waals surface area contributed by atoms with E-state index in [2.05, 4.69) is 5.32 Å². The van der Waals surface area contributed by atoms with E-state index in [0.29, 0.717) is 25.3 Å². The van der Waals surface area contributed by atoms with E-state index in [4.69, 9.17) is 0 Å². The van der Waals surface area contributed by atoms with Crippen LogP contribution in [-0.2, 0) is 9.59 Å². The van der Waals surface area contributed by atoms with E-state index in [-0.39, 0.29) is 17.7 Å². The molecule has 0 radical (unpaired) electrons. The van der Waals surface area contributed by atoms with Crippen LogP contribution in [-0.4, -0.2) is 36.9 Å². The summed E-state index contributed by atoms with van der Waals surface area (Å²) in [4.78, 5) is 25.2. The standard InChI is InChI=1S/C14H24N2O2/c1-16(10-11-5-3-2-4-6-11)14(18)12-7-8-13(17)15-9-12/h11-12H,2-10H2,1H3,(H,15,17). The molecule has 1 atom stereocenters. The third-order valence-electron chi connectivity index (χ3n) is 4.25. The van der Waals surface area contributed by atoms with Gasteiger partial charge < -0.3 is 10.2 Å². The zero-order valence-electron chi connectivity index (χ0n) is 11.3. The first kappa shape index (κ1) is 13.4. The van der Waals surface area contributed by atoms with Gasteiger partial charge in [0.2, 0.25) is 11.8 Å². The van der Waals surface area contributed by atoms with Crippen LogP contribution in [0.25, 0.3) is 0 Å². The SMILES string of the molecule is CN(CC1CCCCC1)C(=O)C1CCC(=O)NC1. The molecule has 1 aliphatic heterocycles. The van der Waals surface area contributed by atoms with Crippen LogP contribution in [0, 0.1) is 11.8 Å². The monoisotopic (exact) mass is 252 g/mol. The second kappa shape index (κ2) is 6.21. The molecule has 2 fully saturated rings. The Bertz CT molecular complexity index is 301. The predicted molar refractivity (Wildman–Crippen MR) is 69.9 cm³/mol. The average molecular weight is 252 g/mol. The molecule has 1 aliphatic carbocycles. The largest absolute Gasteiger partial charge is 0.355 e. The summed E-state index contributed by atoms with van der Waals surface area (Å²) in [6.07, 6.45) is 7.70. The van der Waals surface area contributed by atoms with Crippen molar-refractivity contribution >= 4 is 11.8 Å². The van der Waals surface area contributed by atoms with Crippen LogP contribution in [0.15, 0.2) is 0 Å². The number of amides is 2. The van der Waals surface area contributed by atoms with Crippen molar-refractivity contribution in [3.8, 4) is 0 Å². The van der Waals surface area contributed by atoms with Crippen molar-refractivity contribution in [3.63, 3.8) is 0 Å². The van der Waals surface area contributed by atoms with Crippen LogP contribution >= 0.6 is 0 Å². The maximum absolute atomic E-state index is 12.3. The summed E-state index contributed by atoms with van der Waals surface area (Å²) in [5.41, 5.74) is 0. The molecule has 1 unspecified atom stereocenters. The van der Waals surface area contributed by atoms with Crippen LogP contribution in [0.3, 0.4) is 0 Å². The summed E-state index contributed by atoms with van der Waals surface area (Å²) in [7, 11) is 1.91. The quantitative estimate of drug-likeness (QED) is 0.828. The van der Waals surface area contributed by atoms with Gasteiger partial charge in [-0.3, -0.25) is 9.59 Å². The minimum Gasteiger partial charge on any atom is -0.355 e. The Hall–Kier alpha value is -1.06. The van der Waals surface area contributed by atoms with Gasteiger partial charge in [0.1, 0.15) is 0 Å². The third kappa shape index (κ3) is 3.47. The molecule has 0 aromatic rings. The lowest BCUT2D eigenvalue weighted by Crippen LogP contribution is -2.44. The Labute approximate surface area is 109 Å². The van der Waals surface area contributed by atoms with Crippen LogP contribution in [0.1, 0.15) is 44.9 Å². The van der Waals surface area contributed by atoms with E-state index < -0.39 is 0 Å². The van der Waals surface area contributed by atoms with Crippen molar-refractivity contribution < 1.29 is 9.59 Å². The Morgan fingerprint density at radius 2 is 2.00 bits per heavy atom. The molecule has 1 saturated carbocycles. The van der Waals surface area contributed by atoms with Gasteiger partial charge in [-0.1, -0.05) is 19.3 Å². The van der Waals surface area contributed by atoms with Crippen LogP contribution in [0.5, 0.6) is 0 Å². The topological polar surface area (TPSA) is 49.4 Å². The minimum atomic E-state index is -0.00343. The van der Waals surface area contributed by atoms with Gasteiger partial charge in [-0.25, -0.2) is 0 Å². The molecule has 0 bridgehead atoms. The first-order valence-electron chi connectivity index (χ1n) is 7.18. The van der Waals surface area contributed by atoms with Gasteiger partial charge in [0.05, 0.1) is 5.92 Å². The van der Waals surface area contributed by atoms with Crippen LogP contribution in [0.2, 0.25) is 0 Å². The predicted octanol–water partition coefficient (Wildman–Crippen LogP) is 1.55. The Balaban J connectivity index is 1.78. The lowest BCUT2D eigenvalue weighted by molar-refractivity contribution is -0.136. The highest BCUT2D eigenvalue weighted by Gasteiger charge is 2.28. The van der Waals surface area contributed by atoms with E-state index in [0.717, 1.165) is 6.54 Å². The van der Waals surface area contributed by atoms with Crippen LogP contribution < -0.4 is 5.32 Å². The van der Waals surface area contributed by atoms with E-state index in [1.165, 1.54) is 32.1 Å². The number of rotatable bonds is 3. The highest BCUT2D eigenvalue weighted by molar-refractivity contribution is 5.83. The molecule has 0 aromatic carbocycles. The molecule has 4 heteroatoms. The molecule has 1 N–H and O–H groups in total. The molecule has 0 spiro atoms. The Morgan fingerprint density at radius 3 is 2.61 bits per heavy atom. The van der Waals surface area contributed by atoms with Gasteiger partial charge in [0.15, 0.2) is 0 Å². The molecule has 0 aromatic heterocycles. The zero-order chi connectivity index (χ0) is 13.0. The summed E-state index contributed by atoms with van der Waals surface area (Å²) in [5.74, 6) is 0.969. The molecule has 2 rings (SSSR count). The van der Waals surface area contributed by atoms with Crippen molar-refractivity contribution in [2.75, 3.05) is 20.1 Å². The summed E-state index contributed by atoms with van der Waals surface area (Å²) in [6, 6.07) is 0. The van der Waals surface area contributed by atoms with E-state index in [1.54, 1.807) is 0 Å². The van der Waals surface area contributed by atoms with Crippen molar-refractivity contribution in [1.82, 2.24) is 10.2 Å². The summed E-state index contributed by atoms with van der Waals surface area (Å²) in [6.45, 7) is 1.41. The summed E-state index contributed by atoms with van der Waals surface area (Å²) < 4.78 is 0. The fourth-order valence-corrected chi connectivity index (χ4v) is 3.10. The van der Waals surface area contributed by atoms with E-state index in [9.17, 15) is 9.59 Å². The van der Waals surface area contributed by atoms with Gasteiger partial charge in [0.25, 0.3) is 0 Å². The van der Waals surface area contributed by atoms with E-state index >= 15 is 0 Å². The molecule has 2 aliphatic rings. The lowest BCUT2D eigenvalue weighted by atomic mass is 9.88. The molecular formula is C14H24N2O2. The number of hydrogen-bond donors (Lipinski definition) is 1. The Morgan fingerprint density at radius 1 is 1.28 bits per heavy atom. The molecule has 18 heavy (non-hydrogen) atoms. The molecule has 4 nitrogen and oxygen atoms in total. The number of nitrogens with one attached hydrogen (secondary N) is 1. The van der Waals surface area contributed by atoms with Gasteiger partial charge in [-0.05, 0) is 25.2 Å². The second-order valence-corrected chi connectivity index (χ2v) is 5.76. The van der Waals surface area contributed by atoms with Gasteiger partial charge in [-0.2, -0.15) is 0 Å². The first-order chi connectivity index (χ1) is 8.66. The second-order valence-electron chi connectivity index (χ2n) is 5.76. The fourth-order valence-electron chi connectivity index (χ4n) is 3.10. The number of carbonyl (C=O) groups excluding carboxylic acids is 2. The normalized spacial score (nSPS) is 25.6. The number of hydrogen-bond acceptors (Lipinski definition) is 2. The third-order valence-corrected chi connectivity index (χ3v) is 4.25. The van der Waals surface area contributed by atoms with Gasteiger partial charge >= 0.3 is 0 Å². The summed E-state index contributed by atoms with van der Waals surface area (Å²) in [5, 5.41) is 2.79. The lowest BCUT2D eigenvalue weighted by Gasteiger charge is -2.30. The Kier molecular flexibility index (Phi) is 4.61.